The quantitative estimate of drug-likeness (QED) is 0.892. The molecular weight excluding hydrogens is 344 g/mol. The van der Waals surface area contributed by atoms with Crippen LogP contribution in [0.5, 0.6) is 11.5 Å². The van der Waals surface area contributed by atoms with Crippen LogP contribution in [0, 0.1) is 5.41 Å². The van der Waals surface area contributed by atoms with E-state index in [0.717, 1.165) is 23.3 Å². The molecule has 27 heavy (non-hydrogen) atoms. The number of nitrogens with zero attached hydrogens (tertiary/aromatic N) is 3. The third-order valence-electron chi connectivity index (χ3n) is 5.08. The zero-order valence-corrected chi connectivity index (χ0v) is 16.1. The molecule has 1 aliphatic carbocycles. The zero-order valence-electron chi connectivity index (χ0n) is 16.1. The summed E-state index contributed by atoms with van der Waals surface area (Å²) in [7, 11) is 1.62. The maximum absolute atomic E-state index is 13.1. The molecule has 2 aromatic rings. The molecule has 2 aliphatic rings. The number of fused-ring (bicyclic) bond motifs is 1. The average Bonchev–Trinajstić information content (AvgIpc) is 3.07. The van der Waals surface area contributed by atoms with Crippen LogP contribution in [-0.4, -0.2) is 34.3 Å². The number of methoxy groups -OCH3 is 1. The summed E-state index contributed by atoms with van der Waals surface area (Å²) in [6, 6.07) is 5.44. The van der Waals surface area contributed by atoms with Crippen molar-refractivity contribution in [3.63, 3.8) is 0 Å². The Labute approximate surface area is 158 Å². The standard InChI is InChI=1S/C20H24N4O3/c1-5-27-15-7-6-12(8-16(15)26-4)18-17-13(9-20(2,3)10-14(17)25)23-19-21-11-22-24(18)19/h6-8,11,18H,5,9-10H2,1-4H3,(H,21,22,23). The molecule has 0 fully saturated rings. The van der Waals surface area contributed by atoms with Gasteiger partial charge < -0.3 is 14.8 Å². The van der Waals surface area contributed by atoms with Crippen molar-refractivity contribution >= 4 is 11.7 Å². The molecule has 1 atom stereocenters. The Morgan fingerprint density at radius 2 is 2.11 bits per heavy atom. The minimum atomic E-state index is -0.327. The van der Waals surface area contributed by atoms with Crippen LogP contribution in [0.15, 0.2) is 35.8 Å². The number of carbonyl (C=O) groups excluding carboxylic acids is 1. The van der Waals surface area contributed by atoms with Crippen molar-refractivity contribution < 1.29 is 14.3 Å². The van der Waals surface area contributed by atoms with Crippen LogP contribution >= 0.6 is 0 Å². The van der Waals surface area contributed by atoms with E-state index < -0.39 is 0 Å². The number of aromatic nitrogens is 3. The predicted molar refractivity (Wildman–Crippen MR) is 101 cm³/mol. The van der Waals surface area contributed by atoms with Crippen LogP contribution in [0.1, 0.15) is 45.2 Å². The van der Waals surface area contributed by atoms with Gasteiger partial charge in [-0.05, 0) is 36.5 Å². The Hall–Kier alpha value is -2.83. The fourth-order valence-electron chi connectivity index (χ4n) is 3.99. The van der Waals surface area contributed by atoms with Crippen molar-refractivity contribution in [2.75, 3.05) is 19.0 Å². The van der Waals surface area contributed by atoms with Crippen LogP contribution in [0.2, 0.25) is 0 Å². The number of hydrogen-bond donors (Lipinski definition) is 1. The molecule has 7 nitrogen and oxygen atoms in total. The van der Waals surface area contributed by atoms with Gasteiger partial charge >= 0.3 is 0 Å². The van der Waals surface area contributed by atoms with Crippen LogP contribution in [0.4, 0.5) is 5.95 Å². The molecule has 0 amide bonds. The fourth-order valence-corrected chi connectivity index (χ4v) is 3.99. The SMILES string of the molecule is CCOc1ccc(C2C3=C(CC(C)(C)CC3=O)Nc3ncnn32)cc1OC. The summed E-state index contributed by atoms with van der Waals surface area (Å²) in [6.07, 6.45) is 2.82. The summed E-state index contributed by atoms with van der Waals surface area (Å²) in [6.45, 7) is 6.72. The Morgan fingerprint density at radius 1 is 1.30 bits per heavy atom. The van der Waals surface area contributed by atoms with E-state index in [1.807, 2.05) is 25.1 Å². The van der Waals surface area contributed by atoms with E-state index in [4.69, 9.17) is 9.47 Å². The van der Waals surface area contributed by atoms with Crippen LogP contribution in [-0.2, 0) is 4.79 Å². The molecule has 4 rings (SSSR count). The molecule has 1 aromatic heterocycles. The van der Waals surface area contributed by atoms with Gasteiger partial charge in [0.2, 0.25) is 5.95 Å². The molecule has 142 valence electrons. The summed E-state index contributed by atoms with van der Waals surface area (Å²) >= 11 is 0. The minimum Gasteiger partial charge on any atom is -0.493 e. The lowest BCUT2D eigenvalue weighted by Gasteiger charge is -2.38. The van der Waals surface area contributed by atoms with E-state index >= 15 is 0 Å². The van der Waals surface area contributed by atoms with Gasteiger partial charge in [0, 0.05) is 17.7 Å². The molecule has 2 heterocycles. The highest BCUT2D eigenvalue weighted by Gasteiger charge is 2.41. The zero-order chi connectivity index (χ0) is 19.2. The van der Waals surface area contributed by atoms with Gasteiger partial charge in [-0.3, -0.25) is 4.79 Å². The fraction of sp³-hybridized carbons (Fsp3) is 0.450. The molecule has 1 N–H and O–H groups in total. The number of rotatable bonds is 4. The van der Waals surface area contributed by atoms with Gasteiger partial charge in [-0.15, -0.1) is 0 Å². The van der Waals surface area contributed by atoms with Gasteiger partial charge in [0.15, 0.2) is 17.3 Å². The van der Waals surface area contributed by atoms with Crippen molar-refractivity contribution in [3.8, 4) is 11.5 Å². The first kappa shape index (κ1) is 17.6. The van der Waals surface area contributed by atoms with Crippen molar-refractivity contribution in [3.05, 3.63) is 41.4 Å². The predicted octanol–water partition coefficient (Wildman–Crippen LogP) is 3.34. The number of benzene rings is 1. The number of Topliss-reactive ketones (excluding diaryl/α,β-unsaturated/α-hetero) is 1. The van der Waals surface area contributed by atoms with Gasteiger partial charge in [-0.25, -0.2) is 4.68 Å². The van der Waals surface area contributed by atoms with Gasteiger partial charge in [-0.2, -0.15) is 10.1 Å². The first-order valence-corrected chi connectivity index (χ1v) is 9.17. The van der Waals surface area contributed by atoms with Crippen LogP contribution < -0.4 is 14.8 Å². The maximum Gasteiger partial charge on any atom is 0.226 e. The van der Waals surface area contributed by atoms with E-state index in [-0.39, 0.29) is 17.2 Å². The second-order valence-corrected chi connectivity index (χ2v) is 7.73. The number of anilines is 1. The Kier molecular flexibility index (Phi) is 4.17. The van der Waals surface area contributed by atoms with Crippen molar-refractivity contribution in [1.29, 1.82) is 0 Å². The van der Waals surface area contributed by atoms with E-state index in [9.17, 15) is 4.79 Å². The highest BCUT2D eigenvalue weighted by Crippen LogP contribution is 2.46. The second-order valence-electron chi connectivity index (χ2n) is 7.73. The number of nitrogens with one attached hydrogen (secondary N) is 1. The molecule has 0 radical (unpaired) electrons. The smallest absolute Gasteiger partial charge is 0.226 e. The summed E-state index contributed by atoms with van der Waals surface area (Å²) < 4.78 is 12.9. The number of hydrogen-bond acceptors (Lipinski definition) is 6. The number of carbonyl (C=O) groups is 1. The monoisotopic (exact) mass is 368 g/mol. The highest BCUT2D eigenvalue weighted by molar-refractivity contribution is 6.00. The van der Waals surface area contributed by atoms with Crippen LogP contribution in [0.25, 0.3) is 0 Å². The summed E-state index contributed by atoms with van der Waals surface area (Å²) in [5.74, 6) is 2.12. The highest BCUT2D eigenvalue weighted by atomic mass is 16.5. The lowest BCUT2D eigenvalue weighted by molar-refractivity contribution is -0.118. The topological polar surface area (TPSA) is 78.3 Å². The van der Waals surface area contributed by atoms with Crippen molar-refractivity contribution in [2.45, 2.75) is 39.7 Å². The molecule has 0 bridgehead atoms. The summed E-state index contributed by atoms with van der Waals surface area (Å²) in [4.78, 5) is 17.4. The second kappa shape index (κ2) is 6.40. The summed E-state index contributed by atoms with van der Waals surface area (Å²) in [5.41, 5.74) is 2.55. The Bertz CT molecular complexity index is 929. The molecule has 1 aliphatic heterocycles. The molecule has 0 saturated carbocycles. The number of ketones is 1. The van der Waals surface area contributed by atoms with Crippen molar-refractivity contribution in [1.82, 2.24) is 14.8 Å². The Balaban J connectivity index is 1.85. The van der Waals surface area contributed by atoms with E-state index in [1.165, 1.54) is 6.33 Å². The number of allylic oxidation sites excluding steroid dienone is 2. The average molecular weight is 368 g/mol. The molecule has 7 heteroatoms. The number of ether oxygens (including phenoxy) is 2. The van der Waals surface area contributed by atoms with Crippen LogP contribution in [0.3, 0.4) is 0 Å². The third kappa shape index (κ3) is 2.97. The molecule has 1 unspecified atom stereocenters. The molecule has 0 saturated heterocycles. The lowest BCUT2D eigenvalue weighted by atomic mass is 9.73. The summed E-state index contributed by atoms with van der Waals surface area (Å²) in [5, 5.41) is 7.69. The van der Waals surface area contributed by atoms with Gasteiger partial charge in [-0.1, -0.05) is 19.9 Å². The third-order valence-corrected chi connectivity index (χ3v) is 5.08. The molecule has 1 aromatic carbocycles. The largest absolute Gasteiger partial charge is 0.493 e. The normalized spacial score (nSPS) is 20.6. The first-order chi connectivity index (χ1) is 12.9. The van der Waals surface area contributed by atoms with E-state index in [1.54, 1.807) is 11.8 Å². The van der Waals surface area contributed by atoms with E-state index in [2.05, 4.69) is 29.2 Å². The van der Waals surface area contributed by atoms with Gasteiger partial charge in [0.1, 0.15) is 12.4 Å². The Morgan fingerprint density at radius 3 is 2.85 bits per heavy atom. The van der Waals surface area contributed by atoms with E-state index in [0.29, 0.717) is 30.5 Å². The minimum absolute atomic E-state index is 0.0772. The molecule has 0 spiro atoms. The lowest BCUT2D eigenvalue weighted by Crippen LogP contribution is -2.36. The molecular formula is C20H24N4O3. The van der Waals surface area contributed by atoms with Crippen molar-refractivity contribution in [2.24, 2.45) is 5.41 Å². The van der Waals surface area contributed by atoms with Gasteiger partial charge in [0.25, 0.3) is 0 Å². The first-order valence-electron chi connectivity index (χ1n) is 9.17. The maximum atomic E-state index is 13.1. The van der Waals surface area contributed by atoms with Gasteiger partial charge in [0.05, 0.1) is 13.7 Å².